The van der Waals surface area contributed by atoms with Crippen LogP contribution in [0.3, 0.4) is 0 Å². The molecule has 108 valence electrons. The minimum atomic E-state index is -3.81. The molecule has 0 aliphatic carbocycles. The molecule has 7 heteroatoms. The van der Waals surface area contributed by atoms with E-state index in [2.05, 4.69) is 26.0 Å². The van der Waals surface area contributed by atoms with Gasteiger partial charge in [-0.25, -0.2) is 17.5 Å². The highest BCUT2D eigenvalue weighted by Gasteiger charge is 2.21. The quantitative estimate of drug-likeness (QED) is 0.740. The Kier molecular flexibility index (Phi) is 6.38. The van der Waals surface area contributed by atoms with E-state index in [0.717, 1.165) is 12.8 Å². The van der Waals surface area contributed by atoms with Gasteiger partial charge < -0.3 is 5.32 Å². The zero-order valence-electron chi connectivity index (χ0n) is 11.0. The fraction of sp³-hybridized carbons (Fsp3) is 0.500. The summed E-state index contributed by atoms with van der Waals surface area (Å²) in [5, 5.41) is 2.81. The van der Waals surface area contributed by atoms with Crippen molar-refractivity contribution in [2.75, 3.05) is 13.6 Å². The Morgan fingerprint density at radius 3 is 2.63 bits per heavy atom. The molecular formula is C12H18BrFN2O2S. The first-order chi connectivity index (χ1) is 8.92. The Hall–Kier alpha value is -0.500. The van der Waals surface area contributed by atoms with Crippen LogP contribution >= 0.6 is 15.9 Å². The lowest BCUT2D eigenvalue weighted by Gasteiger charge is -2.11. The van der Waals surface area contributed by atoms with Crippen molar-refractivity contribution in [3.05, 3.63) is 28.0 Å². The minimum Gasteiger partial charge on any atom is -0.316 e. The molecule has 2 N–H and O–H groups in total. The van der Waals surface area contributed by atoms with Crippen LogP contribution in [0.25, 0.3) is 0 Å². The number of halogens is 2. The van der Waals surface area contributed by atoms with Gasteiger partial charge in [-0.15, -0.1) is 0 Å². The van der Waals surface area contributed by atoms with Gasteiger partial charge in [0, 0.05) is 23.1 Å². The lowest BCUT2D eigenvalue weighted by atomic mass is 10.2. The van der Waals surface area contributed by atoms with Crippen LogP contribution < -0.4 is 10.0 Å². The van der Waals surface area contributed by atoms with Crippen molar-refractivity contribution in [1.29, 1.82) is 0 Å². The second-order valence-electron chi connectivity index (χ2n) is 4.16. The van der Waals surface area contributed by atoms with Gasteiger partial charge in [0.1, 0.15) is 10.7 Å². The summed E-state index contributed by atoms with van der Waals surface area (Å²) in [7, 11) is -2.13. The maximum atomic E-state index is 14.2. The first kappa shape index (κ1) is 16.6. The van der Waals surface area contributed by atoms with E-state index in [1.807, 2.05) is 6.92 Å². The zero-order valence-corrected chi connectivity index (χ0v) is 13.4. The van der Waals surface area contributed by atoms with Crippen LogP contribution in [-0.4, -0.2) is 22.0 Å². The van der Waals surface area contributed by atoms with Crippen molar-refractivity contribution < 1.29 is 12.8 Å². The summed E-state index contributed by atoms with van der Waals surface area (Å²) in [4.78, 5) is -0.316. The number of hydrogen-bond donors (Lipinski definition) is 2. The van der Waals surface area contributed by atoms with Crippen molar-refractivity contribution in [2.24, 2.45) is 0 Å². The van der Waals surface area contributed by atoms with Gasteiger partial charge in [-0.2, -0.15) is 0 Å². The van der Waals surface area contributed by atoms with Crippen molar-refractivity contribution in [2.45, 2.75) is 31.2 Å². The average Bonchev–Trinajstić information content (AvgIpc) is 2.33. The van der Waals surface area contributed by atoms with Crippen LogP contribution in [0, 0.1) is 5.82 Å². The van der Waals surface area contributed by atoms with E-state index in [1.165, 1.54) is 6.07 Å². The van der Waals surface area contributed by atoms with Crippen LogP contribution in [0.5, 0.6) is 0 Å². The van der Waals surface area contributed by atoms with Crippen molar-refractivity contribution in [3.8, 4) is 0 Å². The molecule has 0 aliphatic rings. The summed E-state index contributed by atoms with van der Waals surface area (Å²) in [6.45, 7) is 2.54. The van der Waals surface area contributed by atoms with Crippen LogP contribution in [0.1, 0.15) is 25.3 Å². The van der Waals surface area contributed by atoms with E-state index < -0.39 is 15.8 Å². The van der Waals surface area contributed by atoms with E-state index in [-0.39, 0.29) is 11.4 Å². The smallest absolute Gasteiger partial charge is 0.243 e. The molecule has 0 bridgehead atoms. The summed E-state index contributed by atoms with van der Waals surface area (Å²) < 4.78 is 41.2. The first-order valence-corrected chi connectivity index (χ1v) is 8.32. The lowest BCUT2D eigenvalue weighted by molar-refractivity contribution is 0.544. The fourth-order valence-corrected chi connectivity index (χ4v) is 3.47. The van der Waals surface area contributed by atoms with Gasteiger partial charge in [0.15, 0.2) is 0 Å². The Labute approximate surface area is 122 Å². The average molecular weight is 353 g/mol. The number of hydrogen-bond acceptors (Lipinski definition) is 3. The standard InChI is InChI=1S/C12H18BrFN2O2S/c1-3-4-5-16-19(17,18)11-7-10(13)6-9(8-15-2)12(11)14/h6-7,15-16H,3-5,8H2,1-2H3. The molecule has 1 rings (SSSR count). The highest BCUT2D eigenvalue weighted by atomic mass is 79.9. The van der Waals surface area contributed by atoms with E-state index in [1.54, 1.807) is 13.1 Å². The summed E-state index contributed by atoms with van der Waals surface area (Å²) in [6.07, 6.45) is 1.59. The molecule has 0 aliphatic heterocycles. The normalized spacial score (nSPS) is 11.8. The SMILES string of the molecule is CCCCNS(=O)(=O)c1cc(Br)cc(CNC)c1F. The number of unbranched alkanes of at least 4 members (excludes halogenated alkanes) is 1. The summed E-state index contributed by atoms with van der Waals surface area (Å²) in [5.74, 6) is -0.707. The lowest BCUT2D eigenvalue weighted by Crippen LogP contribution is -2.26. The molecule has 0 spiro atoms. The van der Waals surface area contributed by atoms with Crippen LogP contribution in [-0.2, 0) is 16.6 Å². The number of nitrogens with one attached hydrogen (secondary N) is 2. The molecule has 1 aromatic carbocycles. The molecular weight excluding hydrogens is 335 g/mol. The minimum absolute atomic E-state index is 0.267. The monoisotopic (exact) mass is 352 g/mol. The van der Waals surface area contributed by atoms with Gasteiger partial charge in [0.05, 0.1) is 0 Å². The zero-order chi connectivity index (χ0) is 14.5. The second kappa shape index (κ2) is 7.33. The van der Waals surface area contributed by atoms with Gasteiger partial charge in [-0.1, -0.05) is 29.3 Å². The maximum absolute atomic E-state index is 14.2. The fourth-order valence-electron chi connectivity index (χ4n) is 1.59. The predicted molar refractivity (Wildman–Crippen MR) is 77.0 cm³/mol. The van der Waals surface area contributed by atoms with E-state index in [4.69, 9.17) is 0 Å². The van der Waals surface area contributed by atoms with Crippen molar-refractivity contribution in [1.82, 2.24) is 10.0 Å². The molecule has 0 saturated carbocycles. The highest BCUT2D eigenvalue weighted by Crippen LogP contribution is 2.24. The molecule has 0 radical (unpaired) electrons. The molecule has 1 aromatic rings. The summed E-state index contributed by atoms with van der Waals surface area (Å²) >= 11 is 3.20. The molecule has 4 nitrogen and oxygen atoms in total. The third-order valence-electron chi connectivity index (χ3n) is 2.56. The predicted octanol–water partition coefficient (Wildman–Crippen LogP) is 2.39. The third kappa shape index (κ3) is 4.52. The van der Waals surface area contributed by atoms with Gasteiger partial charge >= 0.3 is 0 Å². The number of benzene rings is 1. The van der Waals surface area contributed by atoms with Gasteiger partial charge in [-0.3, -0.25) is 0 Å². The molecule has 19 heavy (non-hydrogen) atoms. The van der Waals surface area contributed by atoms with Crippen LogP contribution in [0.4, 0.5) is 4.39 Å². The van der Waals surface area contributed by atoms with Crippen molar-refractivity contribution in [3.63, 3.8) is 0 Å². The largest absolute Gasteiger partial charge is 0.316 e. The Balaban J connectivity index is 3.11. The van der Waals surface area contributed by atoms with E-state index in [9.17, 15) is 12.8 Å². The second-order valence-corrected chi connectivity index (χ2v) is 6.81. The van der Waals surface area contributed by atoms with Gasteiger partial charge in [0.25, 0.3) is 0 Å². The topological polar surface area (TPSA) is 58.2 Å². The van der Waals surface area contributed by atoms with Crippen molar-refractivity contribution >= 4 is 26.0 Å². The molecule has 0 aromatic heterocycles. The molecule has 0 unspecified atom stereocenters. The molecule has 0 fully saturated rings. The van der Waals surface area contributed by atoms with E-state index >= 15 is 0 Å². The molecule has 0 atom stereocenters. The van der Waals surface area contributed by atoms with Gasteiger partial charge in [-0.05, 0) is 25.6 Å². The molecule has 0 amide bonds. The summed E-state index contributed by atoms with van der Waals surface area (Å²) in [6, 6.07) is 2.85. The van der Waals surface area contributed by atoms with Crippen LogP contribution in [0.15, 0.2) is 21.5 Å². The number of sulfonamides is 1. The third-order valence-corrected chi connectivity index (χ3v) is 4.48. The van der Waals surface area contributed by atoms with Crippen LogP contribution in [0.2, 0.25) is 0 Å². The Bertz CT molecular complexity index is 535. The van der Waals surface area contributed by atoms with Gasteiger partial charge in [0.2, 0.25) is 10.0 Å². The Morgan fingerprint density at radius 1 is 1.37 bits per heavy atom. The summed E-state index contributed by atoms with van der Waals surface area (Å²) in [5.41, 5.74) is 0.313. The Morgan fingerprint density at radius 2 is 2.05 bits per heavy atom. The van der Waals surface area contributed by atoms with E-state index in [0.29, 0.717) is 16.6 Å². The first-order valence-electron chi connectivity index (χ1n) is 6.04. The highest BCUT2D eigenvalue weighted by molar-refractivity contribution is 9.10. The number of rotatable bonds is 7. The molecule has 0 heterocycles. The molecule has 0 saturated heterocycles. The maximum Gasteiger partial charge on any atom is 0.243 e.